The van der Waals surface area contributed by atoms with Crippen molar-refractivity contribution in [1.29, 1.82) is 0 Å². The smallest absolute Gasteiger partial charge is 0.279 e. The molecule has 1 aliphatic heterocycles. The number of hydrogen-bond donors (Lipinski definition) is 2. The lowest BCUT2D eigenvalue weighted by molar-refractivity contribution is 0.00977. The lowest BCUT2D eigenvalue weighted by atomic mass is 10.1. The number of benzene rings is 1. The van der Waals surface area contributed by atoms with Crippen molar-refractivity contribution in [1.82, 2.24) is 9.03 Å². The Morgan fingerprint density at radius 3 is 2.80 bits per heavy atom. The summed E-state index contributed by atoms with van der Waals surface area (Å²) in [6.07, 6.45) is -0.0804. The summed E-state index contributed by atoms with van der Waals surface area (Å²) in [4.78, 5) is 0. The summed E-state index contributed by atoms with van der Waals surface area (Å²) >= 11 is 0. The number of nitrogens with zero attached hydrogens (tertiary/aromatic N) is 1. The molecule has 0 amide bonds. The highest BCUT2D eigenvalue weighted by Crippen LogP contribution is 2.11. The molecule has 0 saturated carbocycles. The first-order chi connectivity index (χ1) is 9.49. The second kappa shape index (κ2) is 6.64. The van der Waals surface area contributed by atoms with Gasteiger partial charge in [-0.25, -0.2) is 4.72 Å². The molecule has 1 aliphatic rings. The van der Waals surface area contributed by atoms with Crippen molar-refractivity contribution in [2.45, 2.75) is 19.1 Å². The van der Waals surface area contributed by atoms with Gasteiger partial charge in [0.1, 0.15) is 0 Å². The minimum atomic E-state index is -3.50. The SMILES string of the molecule is CC1CN(S(=O)(=O)NCC(N)c2ccccc2)CCO1. The van der Waals surface area contributed by atoms with E-state index in [0.717, 1.165) is 5.56 Å². The van der Waals surface area contributed by atoms with Crippen molar-refractivity contribution < 1.29 is 13.2 Å². The highest BCUT2D eigenvalue weighted by Gasteiger charge is 2.27. The third kappa shape index (κ3) is 4.00. The van der Waals surface area contributed by atoms with Crippen LogP contribution in [0.25, 0.3) is 0 Å². The molecule has 0 aromatic heterocycles. The molecule has 0 bridgehead atoms. The van der Waals surface area contributed by atoms with Crippen molar-refractivity contribution in [2.24, 2.45) is 5.73 Å². The largest absolute Gasteiger partial charge is 0.376 e. The quantitative estimate of drug-likeness (QED) is 0.816. The number of rotatable bonds is 5. The molecule has 112 valence electrons. The molecule has 1 saturated heterocycles. The molecule has 1 fully saturated rings. The van der Waals surface area contributed by atoms with Crippen LogP contribution < -0.4 is 10.5 Å². The van der Waals surface area contributed by atoms with Crippen molar-refractivity contribution in [2.75, 3.05) is 26.2 Å². The Balaban J connectivity index is 1.92. The predicted octanol–water partition coefficient (Wildman–Crippen LogP) is 0.242. The number of nitrogens with one attached hydrogen (secondary N) is 1. The predicted molar refractivity (Wildman–Crippen MR) is 77.3 cm³/mol. The van der Waals surface area contributed by atoms with E-state index < -0.39 is 10.2 Å². The Morgan fingerprint density at radius 2 is 2.15 bits per heavy atom. The van der Waals surface area contributed by atoms with Crippen LogP contribution in [0.1, 0.15) is 18.5 Å². The minimum Gasteiger partial charge on any atom is -0.376 e. The molecule has 6 nitrogen and oxygen atoms in total. The second-order valence-corrected chi connectivity index (χ2v) is 6.67. The topological polar surface area (TPSA) is 84.7 Å². The fraction of sp³-hybridized carbons (Fsp3) is 0.538. The maximum atomic E-state index is 12.2. The summed E-state index contributed by atoms with van der Waals surface area (Å²) in [5.41, 5.74) is 6.90. The summed E-state index contributed by atoms with van der Waals surface area (Å²) < 4.78 is 33.6. The summed E-state index contributed by atoms with van der Waals surface area (Å²) in [6.45, 7) is 3.21. The van der Waals surface area contributed by atoms with Crippen LogP contribution in [0, 0.1) is 0 Å². The molecule has 2 rings (SSSR count). The van der Waals surface area contributed by atoms with Crippen LogP contribution in [0.15, 0.2) is 30.3 Å². The summed E-state index contributed by atoms with van der Waals surface area (Å²) in [7, 11) is -3.50. The van der Waals surface area contributed by atoms with Crippen LogP contribution in [-0.2, 0) is 14.9 Å². The minimum absolute atomic E-state index is 0.0804. The van der Waals surface area contributed by atoms with Gasteiger partial charge in [0.25, 0.3) is 10.2 Å². The molecule has 3 N–H and O–H groups in total. The van der Waals surface area contributed by atoms with Gasteiger partial charge in [-0.1, -0.05) is 30.3 Å². The van der Waals surface area contributed by atoms with Crippen molar-refractivity contribution >= 4 is 10.2 Å². The van der Waals surface area contributed by atoms with E-state index in [9.17, 15) is 8.42 Å². The molecular weight excluding hydrogens is 278 g/mol. The van der Waals surface area contributed by atoms with Gasteiger partial charge < -0.3 is 10.5 Å². The molecule has 2 unspecified atom stereocenters. The number of morpholine rings is 1. The van der Waals surface area contributed by atoms with Gasteiger partial charge in [0.2, 0.25) is 0 Å². The van der Waals surface area contributed by atoms with Crippen LogP contribution in [0.2, 0.25) is 0 Å². The third-order valence-electron chi connectivity index (χ3n) is 3.26. The fourth-order valence-electron chi connectivity index (χ4n) is 2.11. The highest BCUT2D eigenvalue weighted by molar-refractivity contribution is 7.87. The van der Waals surface area contributed by atoms with Gasteiger partial charge in [-0.2, -0.15) is 12.7 Å². The standard InChI is InChI=1S/C13H21N3O3S/c1-11-10-16(7-8-19-11)20(17,18)15-9-13(14)12-5-3-2-4-6-12/h2-6,11,13,15H,7-10,14H2,1H3. The average Bonchev–Trinajstić information content (AvgIpc) is 2.46. The maximum absolute atomic E-state index is 12.2. The monoisotopic (exact) mass is 299 g/mol. The zero-order chi connectivity index (χ0) is 14.6. The number of nitrogens with two attached hydrogens (primary N) is 1. The van der Waals surface area contributed by atoms with E-state index in [-0.39, 0.29) is 18.7 Å². The lowest BCUT2D eigenvalue weighted by Gasteiger charge is -2.30. The van der Waals surface area contributed by atoms with E-state index in [1.54, 1.807) is 0 Å². The molecule has 0 spiro atoms. The van der Waals surface area contributed by atoms with Gasteiger partial charge in [0, 0.05) is 25.7 Å². The summed E-state index contributed by atoms with van der Waals surface area (Å²) in [6, 6.07) is 9.08. The van der Waals surface area contributed by atoms with Gasteiger partial charge in [0.05, 0.1) is 12.7 Å². The van der Waals surface area contributed by atoms with E-state index in [1.807, 2.05) is 37.3 Å². The van der Waals surface area contributed by atoms with Crippen LogP contribution in [-0.4, -0.2) is 45.1 Å². The van der Waals surface area contributed by atoms with Crippen molar-refractivity contribution in [3.8, 4) is 0 Å². The normalized spacial score (nSPS) is 22.6. The van der Waals surface area contributed by atoms with Crippen LogP contribution in [0.4, 0.5) is 0 Å². The summed E-state index contributed by atoms with van der Waals surface area (Å²) in [5.74, 6) is 0. The summed E-state index contributed by atoms with van der Waals surface area (Å²) in [5, 5.41) is 0. The third-order valence-corrected chi connectivity index (χ3v) is 4.80. The Kier molecular flexibility index (Phi) is 5.11. The van der Waals surface area contributed by atoms with E-state index in [0.29, 0.717) is 19.7 Å². The zero-order valence-corrected chi connectivity index (χ0v) is 12.3. The first-order valence-corrected chi connectivity index (χ1v) is 8.10. The first-order valence-electron chi connectivity index (χ1n) is 6.66. The Hall–Kier alpha value is -0.990. The molecular formula is C13H21N3O3S. The van der Waals surface area contributed by atoms with Crippen LogP contribution >= 0.6 is 0 Å². The highest BCUT2D eigenvalue weighted by atomic mass is 32.2. The van der Waals surface area contributed by atoms with E-state index in [2.05, 4.69) is 4.72 Å². The molecule has 1 aromatic carbocycles. The van der Waals surface area contributed by atoms with Gasteiger partial charge in [-0.05, 0) is 12.5 Å². The van der Waals surface area contributed by atoms with Crippen LogP contribution in [0.3, 0.4) is 0 Å². The molecule has 2 atom stereocenters. The zero-order valence-electron chi connectivity index (χ0n) is 11.5. The van der Waals surface area contributed by atoms with Gasteiger partial charge >= 0.3 is 0 Å². The second-order valence-electron chi connectivity index (χ2n) is 4.91. The van der Waals surface area contributed by atoms with Gasteiger partial charge in [0.15, 0.2) is 0 Å². The van der Waals surface area contributed by atoms with Crippen molar-refractivity contribution in [3.05, 3.63) is 35.9 Å². The van der Waals surface area contributed by atoms with Crippen LogP contribution in [0.5, 0.6) is 0 Å². The fourth-order valence-corrected chi connectivity index (χ4v) is 3.40. The molecule has 0 aliphatic carbocycles. The molecule has 20 heavy (non-hydrogen) atoms. The Bertz CT molecular complexity index is 521. The Labute approximate surface area is 120 Å². The van der Waals surface area contributed by atoms with Gasteiger partial charge in [-0.15, -0.1) is 0 Å². The Morgan fingerprint density at radius 1 is 1.45 bits per heavy atom. The average molecular weight is 299 g/mol. The molecule has 7 heteroatoms. The first kappa shape index (κ1) is 15.4. The van der Waals surface area contributed by atoms with Gasteiger partial charge in [-0.3, -0.25) is 0 Å². The molecule has 1 aromatic rings. The van der Waals surface area contributed by atoms with E-state index >= 15 is 0 Å². The molecule has 1 heterocycles. The number of ether oxygens (including phenoxy) is 1. The lowest BCUT2D eigenvalue weighted by Crippen LogP contribution is -2.50. The van der Waals surface area contributed by atoms with E-state index in [4.69, 9.17) is 10.5 Å². The number of hydrogen-bond acceptors (Lipinski definition) is 4. The van der Waals surface area contributed by atoms with Crippen molar-refractivity contribution in [3.63, 3.8) is 0 Å². The maximum Gasteiger partial charge on any atom is 0.279 e. The van der Waals surface area contributed by atoms with E-state index in [1.165, 1.54) is 4.31 Å². The molecule has 0 radical (unpaired) electrons.